The Labute approximate surface area is 94.2 Å². The van der Waals surface area contributed by atoms with Crippen molar-refractivity contribution in [3.63, 3.8) is 0 Å². The van der Waals surface area contributed by atoms with Crippen molar-refractivity contribution in [3.05, 3.63) is 34.3 Å². The van der Waals surface area contributed by atoms with Crippen molar-refractivity contribution in [3.8, 4) is 0 Å². The fraction of sp³-hybridized carbons (Fsp3) is 0.455. The zero-order valence-electron chi connectivity index (χ0n) is 8.52. The van der Waals surface area contributed by atoms with Crippen LogP contribution in [0.2, 0.25) is 0 Å². The Bertz CT molecular complexity index is 263. The van der Waals surface area contributed by atoms with Crippen LogP contribution < -0.4 is 10.6 Å². The first kappa shape index (κ1) is 11.7. The molecule has 0 spiro atoms. The molecule has 2 nitrogen and oxygen atoms in total. The van der Waals surface area contributed by atoms with Crippen molar-refractivity contribution < 1.29 is 0 Å². The summed E-state index contributed by atoms with van der Waals surface area (Å²) < 4.78 is 1.20. The second kappa shape index (κ2) is 6.98. The number of likely N-dealkylation sites (N-methyl/N-ethyl adjacent to an activating group) is 1. The first-order valence-corrected chi connectivity index (χ1v) is 5.72. The van der Waals surface area contributed by atoms with E-state index >= 15 is 0 Å². The minimum Gasteiger partial charge on any atom is -0.318 e. The van der Waals surface area contributed by atoms with Gasteiger partial charge in [-0.15, -0.1) is 0 Å². The van der Waals surface area contributed by atoms with Gasteiger partial charge in [-0.3, -0.25) is 0 Å². The van der Waals surface area contributed by atoms with E-state index in [1.165, 1.54) is 10.0 Å². The quantitative estimate of drug-likeness (QED) is 0.759. The van der Waals surface area contributed by atoms with E-state index in [9.17, 15) is 0 Å². The normalized spacial score (nSPS) is 10.4. The van der Waals surface area contributed by atoms with Crippen molar-refractivity contribution in [2.24, 2.45) is 0 Å². The molecule has 0 heterocycles. The van der Waals surface area contributed by atoms with Gasteiger partial charge < -0.3 is 10.6 Å². The molecular weight excluding hydrogens is 240 g/mol. The van der Waals surface area contributed by atoms with Crippen LogP contribution in [0.15, 0.2) is 28.7 Å². The highest BCUT2D eigenvalue weighted by molar-refractivity contribution is 9.10. The largest absolute Gasteiger partial charge is 0.318 e. The van der Waals surface area contributed by atoms with E-state index in [4.69, 9.17) is 0 Å². The Morgan fingerprint density at radius 3 is 2.64 bits per heavy atom. The molecule has 2 N–H and O–H groups in total. The molecular formula is C11H17BrN2. The van der Waals surface area contributed by atoms with Gasteiger partial charge in [-0.2, -0.15) is 0 Å². The van der Waals surface area contributed by atoms with E-state index in [1.807, 2.05) is 13.1 Å². The Balaban J connectivity index is 2.21. The van der Waals surface area contributed by atoms with Gasteiger partial charge in [0.2, 0.25) is 0 Å². The maximum absolute atomic E-state index is 3.54. The van der Waals surface area contributed by atoms with E-state index in [2.05, 4.69) is 44.8 Å². The molecule has 0 bridgehead atoms. The molecule has 0 aliphatic carbocycles. The molecule has 0 unspecified atom stereocenters. The predicted molar refractivity (Wildman–Crippen MR) is 64.6 cm³/mol. The molecule has 1 rings (SSSR count). The maximum atomic E-state index is 3.54. The van der Waals surface area contributed by atoms with Crippen LogP contribution in [-0.4, -0.2) is 26.7 Å². The standard InChI is InChI=1S/C11H17BrN2/c1-13-8-9-14-7-6-10-4-2-3-5-11(10)12/h2-5,13-14H,6-9H2,1H3. The van der Waals surface area contributed by atoms with Gasteiger partial charge >= 0.3 is 0 Å². The van der Waals surface area contributed by atoms with E-state index in [0.717, 1.165) is 26.1 Å². The lowest BCUT2D eigenvalue weighted by atomic mass is 10.1. The van der Waals surface area contributed by atoms with Crippen LogP contribution in [0.5, 0.6) is 0 Å². The second-order valence-corrected chi connectivity index (χ2v) is 4.05. The fourth-order valence-electron chi connectivity index (χ4n) is 1.26. The Hall–Kier alpha value is -0.380. The summed E-state index contributed by atoms with van der Waals surface area (Å²) in [6.45, 7) is 3.08. The third-order valence-electron chi connectivity index (χ3n) is 2.08. The third-order valence-corrected chi connectivity index (χ3v) is 2.85. The van der Waals surface area contributed by atoms with Crippen molar-refractivity contribution >= 4 is 15.9 Å². The summed E-state index contributed by atoms with van der Waals surface area (Å²) in [6.07, 6.45) is 1.07. The maximum Gasteiger partial charge on any atom is 0.0207 e. The van der Waals surface area contributed by atoms with Gasteiger partial charge in [0.1, 0.15) is 0 Å². The third kappa shape index (κ3) is 4.22. The summed E-state index contributed by atoms with van der Waals surface area (Å²) >= 11 is 3.54. The lowest BCUT2D eigenvalue weighted by Gasteiger charge is -2.05. The van der Waals surface area contributed by atoms with Crippen molar-refractivity contribution in [1.82, 2.24) is 10.6 Å². The molecule has 0 amide bonds. The Kier molecular flexibility index (Phi) is 5.83. The Morgan fingerprint density at radius 1 is 1.14 bits per heavy atom. The molecule has 3 heteroatoms. The van der Waals surface area contributed by atoms with Gasteiger partial charge in [0.25, 0.3) is 0 Å². The fourth-order valence-corrected chi connectivity index (χ4v) is 1.75. The number of rotatable bonds is 6. The molecule has 14 heavy (non-hydrogen) atoms. The molecule has 1 aromatic rings. The van der Waals surface area contributed by atoms with Crippen molar-refractivity contribution in [2.45, 2.75) is 6.42 Å². The molecule has 0 atom stereocenters. The highest BCUT2D eigenvalue weighted by atomic mass is 79.9. The number of halogens is 1. The van der Waals surface area contributed by atoms with Crippen LogP contribution in [0, 0.1) is 0 Å². The van der Waals surface area contributed by atoms with Gasteiger partial charge in [-0.1, -0.05) is 34.1 Å². The zero-order valence-corrected chi connectivity index (χ0v) is 10.1. The second-order valence-electron chi connectivity index (χ2n) is 3.19. The molecule has 0 aliphatic rings. The molecule has 0 saturated carbocycles. The average Bonchev–Trinajstić information content (AvgIpc) is 2.20. The first-order valence-electron chi connectivity index (χ1n) is 4.93. The topological polar surface area (TPSA) is 24.1 Å². The summed E-state index contributed by atoms with van der Waals surface area (Å²) in [7, 11) is 1.97. The number of nitrogens with one attached hydrogen (secondary N) is 2. The van der Waals surface area contributed by atoms with Gasteiger partial charge in [0, 0.05) is 17.6 Å². The van der Waals surface area contributed by atoms with Crippen LogP contribution in [0.4, 0.5) is 0 Å². The van der Waals surface area contributed by atoms with E-state index in [-0.39, 0.29) is 0 Å². The highest BCUT2D eigenvalue weighted by Gasteiger charge is 1.96. The van der Waals surface area contributed by atoms with Crippen molar-refractivity contribution in [2.75, 3.05) is 26.7 Å². The van der Waals surface area contributed by atoms with Crippen LogP contribution in [0.25, 0.3) is 0 Å². The lowest BCUT2D eigenvalue weighted by Crippen LogP contribution is -2.26. The molecule has 0 aliphatic heterocycles. The number of hydrogen-bond donors (Lipinski definition) is 2. The summed E-state index contributed by atoms with van der Waals surface area (Å²) in [5, 5.41) is 6.48. The molecule has 0 aromatic heterocycles. The van der Waals surface area contributed by atoms with Crippen LogP contribution >= 0.6 is 15.9 Å². The van der Waals surface area contributed by atoms with E-state index in [0.29, 0.717) is 0 Å². The molecule has 1 aromatic carbocycles. The SMILES string of the molecule is CNCCNCCc1ccccc1Br. The summed E-state index contributed by atoms with van der Waals surface area (Å²) in [5.74, 6) is 0. The first-order chi connectivity index (χ1) is 6.84. The minimum atomic E-state index is 1.02. The summed E-state index contributed by atoms with van der Waals surface area (Å²) in [4.78, 5) is 0. The van der Waals surface area contributed by atoms with E-state index in [1.54, 1.807) is 0 Å². The zero-order chi connectivity index (χ0) is 10.2. The van der Waals surface area contributed by atoms with E-state index < -0.39 is 0 Å². The van der Waals surface area contributed by atoms with Gasteiger partial charge in [0.05, 0.1) is 0 Å². The molecule has 0 saturated heterocycles. The average molecular weight is 257 g/mol. The van der Waals surface area contributed by atoms with Crippen molar-refractivity contribution in [1.29, 1.82) is 0 Å². The van der Waals surface area contributed by atoms with Crippen LogP contribution in [0.3, 0.4) is 0 Å². The molecule has 78 valence electrons. The monoisotopic (exact) mass is 256 g/mol. The van der Waals surface area contributed by atoms with Crippen LogP contribution in [0.1, 0.15) is 5.56 Å². The predicted octanol–water partition coefficient (Wildman–Crippen LogP) is 1.80. The summed E-state index contributed by atoms with van der Waals surface area (Å²) in [5.41, 5.74) is 1.37. The molecule has 0 radical (unpaired) electrons. The minimum absolute atomic E-state index is 1.02. The Morgan fingerprint density at radius 2 is 1.93 bits per heavy atom. The highest BCUT2D eigenvalue weighted by Crippen LogP contribution is 2.15. The number of hydrogen-bond acceptors (Lipinski definition) is 2. The smallest absolute Gasteiger partial charge is 0.0207 e. The van der Waals surface area contributed by atoms with Crippen LogP contribution in [-0.2, 0) is 6.42 Å². The number of benzene rings is 1. The van der Waals surface area contributed by atoms with Gasteiger partial charge in [-0.25, -0.2) is 0 Å². The lowest BCUT2D eigenvalue weighted by molar-refractivity contribution is 0.648. The van der Waals surface area contributed by atoms with Gasteiger partial charge in [0.15, 0.2) is 0 Å². The summed E-state index contributed by atoms with van der Waals surface area (Å²) in [6, 6.07) is 8.36. The van der Waals surface area contributed by atoms with Gasteiger partial charge in [-0.05, 0) is 31.6 Å². The molecule has 0 fully saturated rings.